The van der Waals surface area contributed by atoms with Gasteiger partial charge in [-0.25, -0.2) is 0 Å². The van der Waals surface area contributed by atoms with E-state index < -0.39 is 0 Å². The van der Waals surface area contributed by atoms with Crippen LogP contribution in [0.15, 0.2) is 29.2 Å². The fraction of sp³-hybridized carbons (Fsp3) is 0.385. The summed E-state index contributed by atoms with van der Waals surface area (Å²) in [6, 6.07) is 5.44. The first-order valence-corrected chi connectivity index (χ1v) is 6.16. The average molecular weight is 246 g/mol. The first-order valence-electron chi connectivity index (χ1n) is 6.16. The van der Waals surface area contributed by atoms with Crippen molar-refractivity contribution in [1.29, 1.82) is 0 Å². The molecule has 0 atom stereocenters. The highest BCUT2D eigenvalue weighted by atomic mass is 16.1. The molecule has 0 unspecified atom stereocenters. The van der Waals surface area contributed by atoms with Crippen LogP contribution in [0.3, 0.4) is 0 Å². The number of hydrogen-bond donors (Lipinski definition) is 1. The van der Waals surface area contributed by atoms with Gasteiger partial charge in [0.15, 0.2) is 0 Å². The Morgan fingerprint density at radius 2 is 2.17 bits per heavy atom. The van der Waals surface area contributed by atoms with Crippen LogP contribution in [0.25, 0.3) is 0 Å². The summed E-state index contributed by atoms with van der Waals surface area (Å²) in [5.74, 6) is 0. The molecule has 0 bridgehead atoms. The van der Waals surface area contributed by atoms with Gasteiger partial charge >= 0.3 is 0 Å². The third-order valence-corrected chi connectivity index (χ3v) is 2.96. The fourth-order valence-electron chi connectivity index (χ4n) is 1.94. The summed E-state index contributed by atoms with van der Waals surface area (Å²) < 4.78 is 3.53. The van der Waals surface area contributed by atoms with Gasteiger partial charge < -0.3 is 10.3 Å². The molecule has 2 aromatic heterocycles. The minimum Gasteiger partial charge on any atom is -0.394 e. The van der Waals surface area contributed by atoms with Crippen LogP contribution in [-0.2, 0) is 19.5 Å². The van der Waals surface area contributed by atoms with E-state index in [4.69, 9.17) is 5.73 Å². The van der Waals surface area contributed by atoms with Crippen LogP contribution in [-0.4, -0.2) is 14.3 Å². The molecule has 5 nitrogen and oxygen atoms in total. The highest BCUT2D eigenvalue weighted by Gasteiger charge is 2.07. The maximum atomic E-state index is 11.9. The Kier molecular flexibility index (Phi) is 3.50. The summed E-state index contributed by atoms with van der Waals surface area (Å²) in [6.45, 7) is 5.41. The molecule has 0 saturated carbocycles. The highest BCUT2D eigenvalue weighted by molar-refractivity contribution is 5.33. The van der Waals surface area contributed by atoms with Gasteiger partial charge in [-0.3, -0.25) is 9.48 Å². The van der Waals surface area contributed by atoms with Crippen LogP contribution >= 0.6 is 0 Å². The van der Waals surface area contributed by atoms with Gasteiger partial charge in [-0.05, 0) is 31.5 Å². The topological polar surface area (TPSA) is 65.8 Å². The molecule has 0 amide bonds. The Morgan fingerprint density at radius 1 is 1.39 bits per heavy atom. The first kappa shape index (κ1) is 12.4. The third-order valence-electron chi connectivity index (χ3n) is 2.96. The molecule has 2 heterocycles. The van der Waals surface area contributed by atoms with Crippen molar-refractivity contribution in [2.75, 3.05) is 5.73 Å². The minimum atomic E-state index is -0.153. The fourth-order valence-corrected chi connectivity index (χ4v) is 1.94. The molecular weight excluding hydrogens is 228 g/mol. The van der Waals surface area contributed by atoms with Gasteiger partial charge in [0, 0.05) is 12.7 Å². The number of anilines is 1. The lowest BCUT2D eigenvalue weighted by Crippen LogP contribution is -2.23. The lowest BCUT2D eigenvalue weighted by Gasteiger charge is -2.07. The standard InChI is InChI=1S/C13H18N4O/c1-3-10-8-11(17(4-2)15-10)9-16-7-5-6-12(14)13(16)18/h5-8H,3-4,9,14H2,1-2H3. The number of nitrogens with zero attached hydrogens (tertiary/aromatic N) is 3. The third kappa shape index (κ3) is 2.30. The lowest BCUT2D eigenvalue weighted by atomic mass is 10.3. The van der Waals surface area contributed by atoms with Gasteiger partial charge in [-0.1, -0.05) is 6.92 Å². The predicted molar refractivity (Wildman–Crippen MR) is 71.5 cm³/mol. The highest BCUT2D eigenvalue weighted by Crippen LogP contribution is 2.07. The Bertz CT molecular complexity index is 597. The molecule has 96 valence electrons. The summed E-state index contributed by atoms with van der Waals surface area (Å²) in [6.07, 6.45) is 2.64. The van der Waals surface area contributed by atoms with E-state index >= 15 is 0 Å². The van der Waals surface area contributed by atoms with E-state index in [1.807, 2.05) is 17.7 Å². The zero-order chi connectivity index (χ0) is 13.1. The van der Waals surface area contributed by atoms with E-state index in [1.54, 1.807) is 22.9 Å². The number of rotatable bonds is 4. The van der Waals surface area contributed by atoms with Gasteiger partial charge in [-0.2, -0.15) is 5.10 Å². The smallest absolute Gasteiger partial charge is 0.274 e. The Labute approximate surface area is 106 Å². The molecule has 0 saturated heterocycles. The van der Waals surface area contributed by atoms with Crippen molar-refractivity contribution >= 4 is 5.69 Å². The van der Waals surface area contributed by atoms with Crippen LogP contribution in [0.4, 0.5) is 5.69 Å². The van der Waals surface area contributed by atoms with E-state index in [2.05, 4.69) is 12.0 Å². The van der Waals surface area contributed by atoms with E-state index in [9.17, 15) is 4.79 Å². The molecular formula is C13H18N4O. The van der Waals surface area contributed by atoms with Gasteiger partial charge in [0.2, 0.25) is 0 Å². The second kappa shape index (κ2) is 5.08. The van der Waals surface area contributed by atoms with Crippen LogP contribution in [0.5, 0.6) is 0 Å². The quantitative estimate of drug-likeness (QED) is 0.883. The summed E-state index contributed by atoms with van der Waals surface area (Å²) in [7, 11) is 0. The van der Waals surface area contributed by atoms with E-state index in [0.717, 1.165) is 24.4 Å². The van der Waals surface area contributed by atoms with Gasteiger partial charge in [0.25, 0.3) is 5.56 Å². The van der Waals surface area contributed by atoms with Gasteiger partial charge in [0.05, 0.1) is 23.6 Å². The number of hydrogen-bond acceptors (Lipinski definition) is 3. The van der Waals surface area contributed by atoms with Crippen molar-refractivity contribution < 1.29 is 0 Å². The summed E-state index contributed by atoms with van der Waals surface area (Å²) in [4.78, 5) is 11.9. The minimum absolute atomic E-state index is 0.153. The number of pyridine rings is 1. The molecule has 2 N–H and O–H groups in total. The number of aromatic nitrogens is 3. The van der Waals surface area contributed by atoms with Crippen molar-refractivity contribution in [3.63, 3.8) is 0 Å². The second-order valence-corrected chi connectivity index (χ2v) is 4.19. The molecule has 0 aliphatic heterocycles. The molecule has 18 heavy (non-hydrogen) atoms. The predicted octanol–water partition coefficient (Wildman–Crippen LogP) is 1.26. The van der Waals surface area contributed by atoms with Crippen molar-refractivity contribution in [3.8, 4) is 0 Å². The Morgan fingerprint density at radius 3 is 2.83 bits per heavy atom. The summed E-state index contributed by atoms with van der Waals surface area (Å²) in [5.41, 5.74) is 7.82. The molecule has 2 rings (SSSR count). The van der Waals surface area contributed by atoms with E-state index in [-0.39, 0.29) is 11.2 Å². The second-order valence-electron chi connectivity index (χ2n) is 4.19. The lowest BCUT2D eigenvalue weighted by molar-refractivity contribution is 0.590. The van der Waals surface area contributed by atoms with Crippen LogP contribution < -0.4 is 11.3 Å². The van der Waals surface area contributed by atoms with Crippen LogP contribution in [0.2, 0.25) is 0 Å². The molecule has 0 aliphatic carbocycles. The van der Waals surface area contributed by atoms with Crippen LogP contribution in [0.1, 0.15) is 25.2 Å². The Hall–Kier alpha value is -2.04. The molecule has 0 aliphatic rings. The van der Waals surface area contributed by atoms with Crippen molar-refractivity contribution in [2.45, 2.75) is 33.4 Å². The zero-order valence-electron chi connectivity index (χ0n) is 10.8. The maximum absolute atomic E-state index is 11.9. The zero-order valence-corrected chi connectivity index (χ0v) is 10.8. The number of nitrogens with two attached hydrogens (primary N) is 1. The largest absolute Gasteiger partial charge is 0.394 e. The summed E-state index contributed by atoms with van der Waals surface area (Å²) >= 11 is 0. The molecule has 2 aromatic rings. The normalized spacial score (nSPS) is 10.8. The first-order chi connectivity index (χ1) is 8.65. The Balaban J connectivity index is 2.36. The maximum Gasteiger partial charge on any atom is 0.274 e. The van der Waals surface area contributed by atoms with Crippen molar-refractivity contribution in [1.82, 2.24) is 14.3 Å². The molecule has 0 radical (unpaired) electrons. The number of nitrogen functional groups attached to an aromatic ring is 1. The van der Waals surface area contributed by atoms with Crippen LogP contribution in [0, 0.1) is 0 Å². The molecule has 0 fully saturated rings. The van der Waals surface area contributed by atoms with E-state index in [1.165, 1.54) is 0 Å². The van der Waals surface area contributed by atoms with E-state index in [0.29, 0.717) is 6.54 Å². The molecule has 5 heteroatoms. The SMILES string of the molecule is CCc1cc(Cn2cccc(N)c2=O)n(CC)n1. The van der Waals surface area contributed by atoms with Crippen molar-refractivity contribution in [3.05, 3.63) is 46.1 Å². The summed E-state index contributed by atoms with van der Waals surface area (Å²) in [5, 5.41) is 4.47. The number of aryl methyl sites for hydroxylation is 2. The average Bonchev–Trinajstić information content (AvgIpc) is 2.77. The van der Waals surface area contributed by atoms with Gasteiger partial charge in [0.1, 0.15) is 0 Å². The molecule has 0 aromatic carbocycles. The van der Waals surface area contributed by atoms with Crippen molar-refractivity contribution in [2.24, 2.45) is 0 Å². The molecule has 0 spiro atoms. The van der Waals surface area contributed by atoms with Gasteiger partial charge in [-0.15, -0.1) is 0 Å². The monoisotopic (exact) mass is 246 g/mol.